The zero-order valence-corrected chi connectivity index (χ0v) is 35.5. The molecule has 1 N–H and O–H groups in total. The Balaban J connectivity index is 0.852. The zero-order valence-electron chi connectivity index (χ0n) is 35.5. The van der Waals surface area contributed by atoms with Gasteiger partial charge in [-0.05, 0) is 112 Å². The number of piperidine rings is 3. The van der Waals surface area contributed by atoms with Crippen LogP contribution in [0.1, 0.15) is 68.1 Å². The van der Waals surface area contributed by atoms with Gasteiger partial charge in [-0.15, -0.1) is 0 Å². The molecular weight excluding hydrogens is 783 g/mol. The Labute approximate surface area is 356 Å². The highest BCUT2D eigenvalue weighted by Gasteiger charge is 2.37. The van der Waals surface area contributed by atoms with E-state index < -0.39 is 18.0 Å². The number of fused-ring (bicyclic) bond motifs is 2. The molecule has 0 saturated carbocycles. The molecule has 0 bridgehead atoms. The molecule has 1 atom stereocenters. The van der Waals surface area contributed by atoms with Crippen LogP contribution in [0.25, 0.3) is 11.1 Å². The number of aryl methyl sites for hydroxylation is 2. The molecule has 3 aromatic rings. The predicted molar refractivity (Wildman–Crippen MR) is 226 cm³/mol. The average molecular weight is 842 g/mol. The first kappa shape index (κ1) is 42.3. The summed E-state index contributed by atoms with van der Waals surface area (Å²) >= 11 is 0. The summed E-state index contributed by atoms with van der Waals surface area (Å²) in [5, 5.41) is 3.05. The van der Waals surface area contributed by atoms with Crippen LogP contribution in [-0.2, 0) is 43.7 Å². The van der Waals surface area contributed by atoms with Crippen molar-refractivity contribution >= 4 is 46.7 Å². The van der Waals surface area contributed by atoms with E-state index in [1.54, 1.807) is 22.9 Å². The molecule has 0 aliphatic carbocycles. The number of para-hydroxylation sites is 1. The standard InChI is InChI=1S/C45H59N7O9/c1-30-26-31(27-37-41(30)47(2)44(57)60-37)28-38(61-45(58)51-21-14-35(15-22-51)52-23-13-34-6-3-4-7-36(34)46-43(52)56)42(55)50-19-11-33(12-20-50)32-9-17-48(18-10-32)29-40(54)59-25-24-49-16-5-8-39(49)53/h3-4,6-7,26-27,32-33,35,38H,5,8-25,28-29H2,1-2H3,(H,46,56)/t38-/m1/s1. The molecule has 5 aliphatic rings. The van der Waals surface area contributed by atoms with Crippen LogP contribution in [0.5, 0.6) is 0 Å². The van der Waals surface area contributed by atoms with Gasteiger partial charge in [0.05, 0.1) is 18.6 Å². The molecule has 4 saturated heterocycles. The van der Waals surface area contributed by atoms with E-state index in [0.717, 1.165) is 80.5 Å². The molecule has 16 nitrogen and oxygen atoms in total. The van der Waals surface area contributed by atoms with Crippen LogP contribution in [0, 0.1) is 18.8 Å². The van der Waals surface area contributed by atoms with E-state index >= 15 is 0 Å². The minimum Gasteiger partial charge on any atom is -0.463 e. The van der Waals surface area contributed by atoms with E-state index in [0.29, 0.717) is 81.5 Å². The van der Waals surface area contributed by atoms with Crippen molar-refractivity contribution in [1.29, 1.82) is 0 Å². The lowest BCUT2D eigenvalue weighted by atomic mass is 9.78. The lowest BCUT2D eigenvalue weighted by Crippen LogP contribution is -2.52. The summed E-state index contributed by atoms with van der Waals surface area (Å²) in [6, 6.07) is 11.3. The monoisotopic (exact) mass is 841 g/mol. The Hall–Kier alpha value is -5.38. The summed E-state index contributed by atoms with van der Waals surface area (Å²) in [5.41, 5.74) is 4.58. The fraction of sp³-hybridized carbons (Fsp3) is 0.600. The number of aromatic nitrogens is 1. The number of ether oxygens (including phenoxy) is 2. The number of carbonyl (C=O) groups excluding carboxylic acids is 5. The third kappa shape index (κ3) is 9.74. The normalized spacial score (nSPS) is 20.4. The minimum absolute atomic E-state index is 0.0282. The molecule has 5 aliphatic heterocycles. The van der Waals surface area contributed by atoms with Crippen molar-refractivity contribution in [3.05, 3.63) is 63.6 Å². The Morgan fingerprint density at radius 3 is 2.28 bits per heavy atom. The van der Waals surface area contributed by atoms with Crippen LogP contribution in [-0.4, -0.2) is 143 Å². The van der Waals surface area contributed by atoms with E-state index in [2.05, 4.69) is 10.2 Å². The molecule has 5 amide bonds. The Bertz CT molecular complexity index is 2160. The molecule has 0 spiro atoms. The molecule has 2 aromatic carbocycles. The predicted octanol–water partition coefficient (Wildman–Crippen LogP) is 4.16. The topological polar surface area (TPSA) is 167 Å². The zero-order chi connectivity index (χ0) is 42.6. The number of likely N-dealkylation sites (tertiary alicyclic amines) is 4. The van der Waals surface area contributed by atoms with Crippen molar-refractivity contribution in [2.45, 2.75) is 83.3 Å². The van der Waals surface area contributed by atoms with Gasteiger partial charge in [0.2, 0.25) is 5.91 Å². The highest BCUT2D eigenvalue weighted by atomic mass is 16.6. The maximum absolute atomic E-state index is 14.4. The Kier molecular flexibility index (Phi) is 13.0. The van der Waals surface area contributed by atoms with Gasteiger partial charge in [0, 0.05) is 70.9 Å². The minimum atomic E-state index is -1.08. The first-order valence-corrected chi connectivity index (χ1v) is 22.2. The number of carbonyl (C=O) groups is 5. The van der Waals surface area contributed by atoms with Gasteiger partial charge in [-0.25, -0.2) is 14.4 Å². The van der Waals surface area contributed by atoms with Crippen molar-refractivity contribution < 1.29 is 37.9 Å². The van der Waals surface area contributed by atoms with Crippen molar-refractivity contribution in [1.82, 2.24) is 29.1 Å². The number of amides is 5. The van der Waals surface area contributed by atoms with E-state index in [4.69, 9.17) is 13.9 Å². The molecule has 4 fully saturated rings. The summed E-state index contributed by atoms with van der Waals surface area (Å²) in [7, 11) is 1.66. The molecule has 1 aromatic heterocycles. The molecule has 16 heteroatoms. The van der Waals surface area contributed by atoms with E-state index in [1.165, 1.54) is 4.57 Å². The fourth-order valence-corrected chi connectivity index (χ4v) is 10.2. The number of rotatable bonds is 11. The van der Waals surface area contributed by atoms with Crippen LogP contribution in [0.2, 0.25) is 0 Å². The van der Waals surface area contributed by atoms with Crippen LogP contribution < -0.4 is 11.1 Å². The highest BCUT2D eigenvalue weighted by Crippen LogP contribution is 2.33. The number of oxazole rings is 1. The maximum Gasteiger partial charge on any atom is 0.419 e. The Morgan fingerprint density at radius 1 is 0.852 bits per heavy atom. The van der Waals surface area contributed by atoms with Gasteiger partial charge in [0.15, 0.2) is 11.7 Å². The highest BCUT2D eigenvalue weighted by molar-refractivity contribution is 5.91. The lowest BCUT2D eigenvalue weighted by molar-refractivity contribution is -0.147. The van der Waals surface area contributed by atoms with Crippen LogP contribution in [0.3, 0.4) is 0 Å². The first-order chi connectivity index (χ1) is 29.5. The van der Waals surface area contributed by atoms with Gasteiger partial charge < -0.3 is 38.8 Å². The second-order valence-corrected chi connectivity index (χ2v) is 17.5. The molecule has 0 unspecified atom stereocenters. The average Bonchev–Trinajstić information content (AvgIpc) is 3.74. The summed E-state index contributed by atoms with van der Waals surface area (Å²) in [6.07, 6.45) is 5.50. The number of urea groups is 1. The number of esters is 1. The number of hydrogen-bond acceptors (Lipinski definition) is 10. The summed E-state index contributed by atoms with van der Waals surface area (Å²) < 4.78 is 18.5. The second kappa shape index (κ2) is 18.7. The van der Waals surface area contributed by atoms with Crippen molar-refractivity contribution in [2.75, 3.05) is 77.4 Å². The number of nitrogens with zero attached hydrogens (tertiary/aromatic N) is 6. The fourth-order valence-electron chi connectivity index (χ4n) is 10.2. The SMILES string of the molecule is Cc1cc(C[C@@H](OC(=O)N2CCC(N3CCc4ccccc4NC3=O)CC2)C(=O)N2CCC(C3CCN(CC(=O)OCCN4CCCC4=O)CC3)CC2)cc2oc(=O)n(C)c12. The van der Waals surface area contributed by atoms with E-state index in [9.17, 15) is 28.8 Å². The van der Waals surface area contributed by atoms with Gasteiger partial charge in [-0.2, -0.15) is 0 Å². The van der Waals surface area contributed by atoms with Crippen molar-refractivity contribution in [2.24, 2.45) is 18.9 Å². The van der Waals surface area contributed by atoms with E-state index in [1.807, 2.05) is 47.1 Å². The van der Waals surface area contributed by atoms with Gasteiger partial charge in [-0.1, -0.05) is 24.3 Å². The maximum atomic E-state index is 14.4. The number of nitrogens with one attached hydrogen (secondary N) is 1. The third-order valence-corrected chi connectivity index (χ3v) is 13.7. The quantitative estimate of drug-likeness (QED) is 0.277. The molecule has 0 radical (unpaired) electrons. The van der Waals surface area contributed by atoms with E-state index in [-0.39, 0.29) is 49.4 Å². The largest absolute Gasteiger partial charge is 0.463 e. The van der Waals surface area contributed by atoms with Crippen molar-refractivity contribution in [3.8, 4) is 0 Å². The molecule has 8 rings (SSSR count). The Morgan fingerprint density at radius 2 is 1.56 bits per heavy atom. The number of hydrogen-bond donors (Lipinski definition) is 1. The molecule has 6 heterocycles. The molecular formula is C45H59N7O9. The van der Waals surface area contributed by atoms with Gasteiger partial charge in [-0.3, -0.25) is 23.9 Å². The second-order valence-electron chi connectivity index (χ2n) is 17.5. The number of benzene rings is 2. The summed E-state index contributed by atoms with van der Waals surface area (Å²) in [4.78, 5) is 87.4. The van der Waals surface area contributed by atoms with Gasteiger partial charge in [0.25, 0.3) is 5.91 Å². The molecule has 61 heavy (non-hydrogen) atoms. The summed E-state index contributed by atoms with van der Waals surface area (Å²) in [6.45, 7) is 7.68. The van der Waals surface area contributed by atoms with Gasteiger partial charge >= 0.3 is 23.8 Å². The molecule has 328 valence electrons. The van der Waals surface area contributed by atoms with Crippen LogP contribution in [0.4, 0.5) is 15.3 Å². The van der Waals surface area contributed by atoms with Crippen LogP contribution >= 0.6 is 0 Å². The third-order valence-electron chi connectivity index (χ3n) is 13.7. The smallest absolute Gasteiger partial charge is 0.419 e. The van der Waals surface area contributed by atoms with Crippen molar-refractivity contribution in [3.63, 3.8) is 0 Å². The summed E-state index contributed by atoms with van der Waals surface area (Å²) in [5.74, 6) is 0.101. The lowest BCUT2D eigenvalue weighted by Gasteiger charge is -2.41. The number of anilines is 1. The van der Waals surface area contributed by atoms with Gasteiger partial charge in [0.1, 0.15) is 6.61 Å². The first-order valence-electron chi connectivity index (χ1n) is 22.2. The van der Waals surface area contributed by atoms with Crippen LogP contribution in [0.15, 0.2) is 45.6 Å².